The van der Waals surface area contributed by atoms with Gasteiger partial charge in [-0.25, -0.2) is 9.78 Å². The van der Waals surface area contributed by atoms with E-state index in [0.29, 0.717) is 30.0 Å². The molecule has 1 aliphatic heterocycles. The number of benzene rings is 2. The third-order valence-electron chi connectivity index (χ3n) is 6.56. The first kappa shape index (κ1) is 20.2. The van der Waals surface area contributed by atoms with Crippen molar-refractivity contribution < 1.29 is 14.4 Å². The Labute approximate surface area is 195 Å². The normalized spacial score (nSPS) is 19.0. The van der Waals surface area contributed by atoms with Crippen LogP contribution < -0.4 is 10.6 Å². The fraction of sp³-hybridized carbons (Fsp3) is 0.154. The molecule has 2 aromatic heterocycles. The second-order valence-corrected chi connectivity index (χ2v) is 8.54. The Balaban J connectivity index is 1.29. The summed E-state index contributed by atoms with van der Waals surface area (Å²) in [4.78, 5) is 45.0. The van der Waals surface area contributed by atoms with Crippen LogP contribution in [0.4, 0.5) is 10.6 Å². The number of aryl methyl sites for hydroxylation is 1. The van der Waals surface area contributed by atoms with Crippen molar-refractivity contribution in [3.63, 3.8) is 0 Å². The third kappa shape index (κ3) is 2.99. The van der Waals surface area contributed by atoms with Gasteiger partial charge in [-0.3, -0.25) is 18.9 Å². The number of rotatable bonds is 4. The predicted molar refractivity (Wildman–Crippen MR) is 126 cm³/mol. The molecule has 3 heterocycles. The summed E-state index contributed by atoms with van der Waals surface area (Å²) in [7, 11) is 0. The Hall–Kier alpha value is -4.46. The number of amides is 4. The van der Waals surface area contributed by atoms with Crippen molar-refractivity contribution in [2.45, 2.75) is 18.4 Å². The molecular weight excluding hydrogens is 430 g/mol. The smallest absolute Gasteiger partial charge is 0.319 e. The van der Waals surface area contributed by atoms with E-state index in [0.717, 1.165) is 21.6 Å². The SMILES string of the molecule is O=C(CN1C(=O)NC2(CCc3ccccc32)C1=O)Nc1c(-c2ccccc2)nc2ccccn12. The van der Waals surface area contributed by atoms with Gasteiger partial charge in [0.1, 0.15) is 29.2 Å². The van der Waals surface area contributed by atoms with E-state index in [1.165, 1.54) is 0 Å². The van der Waals surface area contributed by atoms with Crippen molar-refractivity contribution in [2.75, 3.05) is 11.9 Å². The van der Waals surface area contributed by atoms with Crippen LogP contribution in [0.15, 0.2) is 79.0 Å². The molecule has 1 unspecified atom stereocenters. The average Bonchev–Trinajstić information content (AvgIpc) is 3.49. The number of imide groups is 1. The average molecular weight is 451 g/mol. The zero-order valence-corrected chi connectivity index (χ0v) is 18.2. The molecule has 34 heavy (non-hydrogen) atoms. The predicted octanol–water partition coefficient (Wildman–Crippen LogP) is 3.33. The standard InChI is InChI=1S/C26H21N5O3/c32-21(16-31-24(33)26(29-25(31)34)14-13-17-8-4-5-11-19(17)26)28-23-22(18-9-2-1-3-10-18)27-20-12-6-7-15-30(20)23/h1-12,15H,13-14,16H2,(H,28,32)(H,29,34). The fourth-order valence-electron chi connectivity index (χ4n) is 4.96. The van der Waals surface area contributed by atoms with E-state index in [-0.39, 0.29) is 12.5 Å². The third-order valence-corrected chi connectivity index (χ3v) is 6.56. The summed E-state index contributed by atoms with van der Waals surface area (Å²) in [6.07, 6.45) is 2.99. The Bertz CT molecular complexity index is 1460. The molecule has 8 heteroatoms. The van der Waals surface area contributed by atoms with Crippen LogP contribution >= 0.6 is 0 Å². The molecular formula is C26H21N5O3. The number of nitrogens with zero attached hydrogens (tertiary/aromatic N) is 3. The van der Waals surface area contributed by atoms with Crippen LogP contribution in [0.3, 0.4) is 0 Å². The van der Waals surface area contributed by atoms with Gasteiger partial charge in [0.15, 0.2) is 0 Å². The quantitative estimate of drug-likeness (QED) is 0.465. The molecule has 1 fully saturated rings. The highest BCUT2D eigenvalue weighted by Gasteiger charge is 2.55. The summed E-state index contributed by atoms with van der Waals surface area (Å²) in [6, 6.07) is 22.2. The Morgan fingerprint density at radius 1 is 1.00 bits per heavy atom. The van der Waals surface area contributed by atoms with E-state index >= 15 is 0 Å². The monoisotopic (exact) mass is 451 g/mol. The number of carbonyl (C=O) groups is 3. The van der Waals surface area contributed by atoms with E-state index < -0.39 is 17.5 Å². The first-order chi connectivity index (χ1) is 16.6. The molecule has 2 aliphatic rings. The number of urea groups is 1. The Morgan fingerprint density at radius 3 is 2.62 bits per heavy atom. The zero-order chi connectivity index (χ0) is 23.3. The van der Waals surface area contributed by atoms with Crippen molar-refractivity contribution in [2.24, 2.45) is 0 Å². The number of pyridine rings is 1. The number of anilines is 1. The molecule has 4 amide bonds. The molecule has 4 aromatic rings. The van der Waals surface area contributed by atoms with Gasteiger partial charge in [-0.15, -0.1) is 0 Å². The van der Waals surface area contributed by atoms with Crippen molar-refractivity contribution >= 4 is 29.3 Å². The summed E-state index contributed by atoms with van der Waals surface area (Å²) in [5.41, 5.74) is 2.89. The molecule has 0 bridgehead atoms. The first-order valence-corrected chi connectivity index (χ1v) is 11.1. The number of aromatic nitrogens is 2. The summed E-state index contributed by atoms with van der Waals surface area (Å²) in [5, 5.41) is 5.74. The Morgan fingerprint density at radius 2 is 1.76 bits per heavy atom. The number of carbonyl (C=O) groups excluding carboxylic acids is 3. The maximum Gasteiger partial charge on any atom is 0.325 e. The Kier molecular flexibility index (Phi) is 4.48. The molecule has 0 radical (unpaired) electrons. The lowest BCUT2D eigenvalue weighted by Crippen LogP contribution is -2.43. The van der Waals surface area contributed by atoms with E-state index in [9.17, 15) is 14.4 Å². The molecule has 8 nitrogen and oxygen atoms in total. The maximum atomic E-state index is 13.4. The van der Waals surface area contributed by atoms with Crippen LogP contribution in [0.1, 0.15) is 17.5 Å². The number of fused-ring (bicyclic) bond motifs is 3. The van der Waals surface area contributed by atoms with Crippen LogP contribution in [-0.2, 0) is 21.5 Å². The molecule has 1 saturated heterocycles. The maximum absolute atomic E-state index is 13.4. The zero-order valence-electron chi connectivity index (χ0n) is 18.2. The van der Waals surface area contributed by atoms with Crippen molar-refractivity contribution in [3.05, 3.63) is 90.1 Å². The molecule has 1 spiro atoms. The van der Waals surface area contributed by atoms with Gasteiger partial charge >= 0.3 is 6.03 Å². The van der Waals surface area contributed by atoms with Crippen LogP contribution in [-0.4, -0.2) is 38.7 Å². The minimum atomic E-state index is -1.09. The molecule has 1 aliphatic carbocycles. The first-order valence-electron chi connectivity index (χ1n) is 11.1. The van der Waals surface area contributed by atoms with E-state index in [1.54, 1.807) is 4.40 Å². The van der Waals surface area contributed by atoms with E-state index in [1.807, 2.05) is 79.0 Å². The summed E-state index contributed by atoms with van der Waals surface area (Å²) in [6.45, 7) is -0.386. The largest absolute Gasteiger partial charge is 0.325 e. The van der Waals surface area contributed by atoms with Gasteiger partial charge in [-0.05, 0) is 36.1 Å². The van der Waals surface area contributed by atoms with Crippen LogP contribution in [0, 0.1) is 0 Å². The number of imidazole rings is 1. The van der Waals surface area contributed by atoms with E-state index in [2.05, 4.69) is 15.6 Å². The van der Waals surface area contributed by atoms with Crippen LogP contribution in [0.5, 0.6) is 0 Å². The lowest BCUT2D eigenvalue weighted by atomic mass is 9.92. The molecule has 168 valence electrons. The van der Waals surface area contributed by atoms with Gasteiger partial charge in [0.2, 0.25) is 5.91 Å². The summed E-state index contributed by atoms with van der Waals surface area (Å²) in [5.74, 6) is -0.381. The van der Waals surface area contributed by atoms with Gasteiger partial charge in [0.25, 0.3) is 5.91 Å². The minimum absolute atomic E-state index is 0.386. The van der Waals surface area contributed by atoms with Crippen LogP contribution in [0.2, 0.25) is 0 Å². The van der Waals surface area contributed by atoms with Gasteiger partial charge < -0.3 is 10.6 Å². The van der Waals surface area contributed by atoms with Crippen molar-refractivity contribution in [1.29, 1.82) is 0 Å². The lowest BCUT2D eigenvalue weighted by Gasteiger charge is -2.22. The van der Waals surface area contributed by atoms with Crippen LogP contribution in [0.25, 0.3) is 16.9 Å². The number of hydrogen-bond donors (Lipinski definition) is 2. The van der Waals surface area contributed by atoms with Gasteiger partial charge in [0.05, 0.1) is 0 Å². The highest BCUT2D eigenvalue weighted by molar-refractivity contribution is 6.11. The minimum Gasteiger partial charge on any atom is -0.319 e. The van der Waals surface area contributed by atoms with Gasteiger partial charge in [0, 0.05) is 11.8 Å². The second-order valence-electron chi connectivity index (χ2n) is 8.54. The lowest BCUT2D eigenvalue weighted by molar-refractivity contribution is -0.134. The summed E-state index contributed by atoms with van der Waals surface area (Å²) < 4.78 is 1.78. The van der Waals surface area contributed by atoms with Crippen molar-refractivity contribution in [1.82, 2.24) is 19.6 Å². The highest BCUT2D eigenvalue weighted by Crippen LogP contribution is 2.41. The van der Waals surface area contributed by atoms with Gasteiger partial charge in [-0.2, -0.15) is 0 Å². The summed E-state index contributed by atoms with van der Waals surface area (Å²) >= 11 is 0. The molecule has 0 saturated carbocycles. The van der Waals surface area contributed by atoms with E-state index in [4.69, 9.17) is 0 Å². The second kappa shape index (κ2) is 7.55. The highest BCUT2D eigenvalue weighted by atomic mass is 16.2. The van der Waals surface area contributed by atoms with Gasteiger partial charge in [-0.1, -0.05) is 60.7 Å². The number of hydrogen-bond acceptors (Lipinski definition) is 4. The topological polar surface area (TPSA) is 95.8 Å². The molecule has 6 rings (SSSR count). The molecule has 1 atom stereocenters. The molecule has 2 aromatic carbocycles. The number of nitrogens with one attached hydrogen (secondary N) is 2. The molecule has 2 N–H and O–H groups in total. The van der Waals surface area contributed by atoms with Crippen molar-refractivity contribution in [3.8, 4) is 11.3 Å². The fourth-order valence-corrected chi connectivity index (χ4v) is 4.96.